The maximum Gasteiger partial charge on any atom is 0.251 e. The maximum absolute atomic E-state index is 13.9. The topological polar surface area (TPSA) is 98.5 Å². The van der Waals surface area contributed by atoms with Crippen molar-refractivity contribution >= 4 is 15.9 Å². The van der Waals surface area contributed by atoms with Crippen molar-refractivity contribution in [1.29, 1.82) is 0 Å². The van der Waals surface area contributed by atoms with E-state index in [2.05, 4.69) is 5.32 Å². The number of rotatable bonds is 6. The summed E-state index contributed by atoms with van der Waals surface area (Å²) >= 11 is 0. The predicted molar refractivity (Wildman–Crippen MR) is 76.2 cm³/mol. The van der Waals surface area contributed by atoms with E-state index in [9.17, 15) is 17.6 Å². The van der Waals surface area contributed by atoms with Crippen LogP contribution >= 0.6 is 0 Å². The third kappa shape index (κ3) is 4.40. The second-order valence-electron chi connectivity index (χ2n) is 4.70. The standard InChI is InChI=1S/C13H19FN2O4S/c1-4-5-8(2)16-13(17)9-6-10(14)12(20-3)11(7-9)21(15,18)19/h6-8H,4-5H2,1-3H3,(H,16,17)(H2,15,18,19). The molecule has 0 bridgehead atoms. The molecule has 1 unspecified atom stereocenters. The SMILES string of the molecule is CCCC(C)NC(=O)c1cc(F)c(OC)c(S(N)(=O)=O)c1. The summed E-state index contributed by atoms with van der Waals surface area (Å²) < 4.78 is 41.5. The van der Waals surface area contributed by atoms with Crippen LogP contribution < -0.4 is 15.2 Å². The molecule has 3 N–H and O–H groups in total. The summed E-state index contributed by atoms with van der Waals surface area (Å²) in [5.74, 6) is -2.03. The minimum atomic E-state index is -4.21. The van der Waals surface area contributed by atoms with Crippen LogP contribution in [0, 0.1) is 5.82 Å². The lowest BCUT2D eigenvalue weighted by Crippen LogP contribution is -2.32. The van der Waals surface area contributed by atoms with Crippen molar-refractivity contribution in [3.63, 3.8) is 0 Å². The Balaban J connectivity index is 3.22. The minimum absolute atomic E-state index is 0.106. The molecule has 0 aliphatic rings. The van der Waals surface area contributed by atoms with Gasteiger partial charge in [0, 0.05) is 11.6 Å². The van der Waals surface area contributed by atoms with Crippen LogP contribution in [0.4, 0.5) is 4.39 Å². The third-order valence-electron chi connectivity index (χ3n) is 2.88. The number of carbonyl (C=O) groups excluding carboxylic acids is 1. The maximum atomic E-state index is 13.9. The largest absolute Gasteiger partial charge is 0.492 e. The van der Waals surface area contributed by atoms with Crippen LogP contribution in [0.15, 0.2) is 17.0 Å². The lowest BCUT2D eigenvalue weighted by molar-refractivity contribution is 0.0937. The zero-order valence-electron chi connectivity index (χ0n) is 12.1. The van der Waals surface area contributed by atoms with Gasteiger partial charge in [0.05, 0.1) is 7.11 Å². The Labute approximate surface area is 123 Å². The summed E-state index contributed by atoms with van der Waals surface area (Å²) in [7, 11) is -3.09. The number of benzene rings is 1. The Morgan fingerprint density at radius 2 is 2.10 bits per heavy atom. The number of methoxy groups -OCH3 is 1. The van der Waals surface area contributed by atoms with E-state index in [1.54, 1.807) is 0 Å². The van der Waals surface area contributed by atoms with Gasteiger partial charge >= 0.3 is 0 Å². The quantitative estimate of drug-likeness (QED) is 0.828. The highest BCUT2D eigenvalue weighted by Gasteiger charge is 2.22. The van der Waals surface area contributed by atoms with Gasteiger partial charge in [0.25, 0.3) is 5.91 Å². The normalized spacial score (nSPS) is 12.8. The molecule has 21 heavy (non-hydrogen) atoms. The predicted octanol–water partition coefficient (Wildman–Crippen LogP) is 1.40. The van der Waals surface area contributed by atoms with Gasteiger partial charge in [-0.15, -0.1) is 0 Å². The lowest BCUT2D eigenvalue weighted by Gasteiger charge is -2.14. The summed E-state index contributed by atoms with van der Waals surface area (Å²) in [5.41, 5.74) is -0.125. The number of amides is 1. The molecule has 0 aliphatic heterocycles. The van der Waals surface area contributed by atoms with Crippen molar-refractivity contribution in [3.05, 3.63) is 23.5 Å². The number of hydrogen-bond donors (Lipinski definition) is 2. The Morgan fingerprint density at radius 3 is 2.57 bits per heavy atom. The zero-order chi connectivity index (χ0) is 16.2. The summed E-state index contributed by atoms with van der Waals surface area (Å²) in [5, 5.41) is 7.67. The summed E-state index contributed by atoms with van der Waals surface area (Å²) in [6.45, 7) is 3.77. The number of primary sulfonamides is 1. The van der Waals surface area contributed by atoms with Crippen LogP contribution in [0.25, 0.3) is 0 Å². The molecular weight excluding hydrogens is 299 g/mol. The van der Waals surface area contributed by atoms with Crippen LogP contribution in [-0.4, -0.2) is 27.5 Å². The van der Waals surface area contributed by atoms with Gasteiger partial charge < -0.3 is 10.1 Å². The van der Waals surface area contributed by atoms with Crippen LogP contribution in [-0.2, 0) is 10.0 Å². The first-order chi connectivity index (χ1) is 9.70. The number of carbonyl (C=O) groups is 1. The second-order valence-corrected chi connectivity index (χ2v) is 6.23. The first kappa shape index (κ1) is 17.4. The van der Waals surface area contributed by atoms with Crippen LogP contribution in [0.2, 0.25) is 0 Å². The molecule has 0 spiro atoms. The fraction of sp³-hybridized carbons (Fsp3) is 0.462. The van der Waals surface area contributed by atoms with Crippen molar-refractivity contribution in [3.8, 4) is 5.75 Å². The first-order valence-electron chi connectivity index (χ1n) is 6.41. The fourth-order valence-electron chi connectivity index (χ4n) is 1.92. The monoisotopic (exact) mass is 318 g/mol. The van der Waals surface area contributed by atoms with E-state index in [0.29, 0.717) is 0 Å². The molecule has 0 saturated carbocycles. The third-order valence-corrected chi connectivity index (χ3v) is 3.80. The number of nitrogens with two attached hydrogens (primary N) is 1. The molecule has 118 valence electrons. The van der Waals surface area contributed by atoms with E-state index >= 15 is 0 Å². The highest BCUT2D eigenvalue weighted by Crippen LogP contribution is 2.27. The van der Waals surface area contributed by atoms with Gasteiger partial charge in [0.15, 0.2) is 11.6 Å². The molecular formula is C13H19FN2O4S. The van der Waals surface area contributed by atoms with Crippen molar-refractivity contribution in [1.82, 2.24) is 5.32 Å². The molecule has 1 atom stereocenters. The first-order valence-corrected chi connectivity index (χ1v) is 7.96. The highest BCUT2D eigenvalue weighted by molar-refractivity contribution is 7.89. The van der Waals surface area contributed by atoms with Crippen LogP contribution in [0.3, 0.4) is 0 Å². The Hall–Kier alpha value is -1.67. The molecule has 0 aliphatic carbocycles. The number of halogens is 1. The Kier molecular flexibility index (Phi) is 5.68. The molecule has 1 amide bonds. The molecule has 1 rings (SSSR count). The molecule has 0 radical (unpaired) electrons. The van der Waals surface area contributed by atoms with E-state index < -0.39 is 32.4 Å². The van der Waals surface area contributed by atoms with E-state index in [0.717, 1.165) is 32.1 Å². The van der Waals surface area contributed by atoms with Gasteiger partial charge in [-0.2, -0.15) is 0 Å². The number of hydrogen-bond acceptors (Lipinski definition) is 4. The van der Waals surface area contributed by atoms with Gasteiger partial charge in [0.2, 0.25) is 10.0 Å². The zero-order valence-corrected chi connectivity index (χ0v) is 13.0. The molecule has 0 saturated heterocycles. The summed E-state index contributed by atoms with van der Waals surface area (Å²) in [6, 6.07) is 1.82. The number of sulfonamides is 1. The molecule has 1 aromatic rings. The van der Waals surface area contributed by atoms with Gasteiger partial charge in [-0.1, -0.05) is 13.3 Å². The summed E-state index contributed by atoms with van der Waals surface area (Å²) in [4.78, 5) is 11.4. The van der Waals surface area contributed by atoms with Gasteiger partial charge in [-0.3, -0.25) is 4.79 Å². The van der Waals surface area contributed by atoms with Gasteiger partial charge in [-0.05, 0) is 25.5 Å². The Bertz CT molecular complexity index is 631. The van der Waals surface area contributed by atoms with Crippen molar-refractivity contribution in [2.24, 2.45) is 5.14 Å². The van der Waals surface area contributed by atoms with E-state index in [-0.39, 0.29) is 11.6 Å². The van der Waals surface area contributed by atoms with Gasteiger partial charge in [0.1, 0.15) is 4.90 Å². The van der Waals surface area contributed by atoms with E-state index in [1.807, 2.05) is 13.8 Å². The van der Waals surface area contributed by atoms with Crippen molar-refractivity contribution in [2.45, 2.75) is 37.6 Å². The van der Waals surface area contributed by atoms with E-state index in [4.69, 9.17) is 9.88 Å². The van der Waals surface area contributed by atoms with Gasteiger partial charge in [-0.25, -0.2) is 17.9 Å². The lowest BCUT2D eigenvalue weighted by atomic mass is 10.1. The molecule has 1 aromatic carbocycles. The number of nitrogens with one attached hydrogen (secondary N) is 1. The van der Waals surface area contributed by atoms with Crippen LogP contribution in [0.1, 0.15) is 37.0 Å². The molecule has 0 aromatic heterocycles. The molecule has 8 heteroatoms. The smallest absolute Gasteiger partial charge is 0.251 e. The van der Waals surface area contributed by atoms with Crippen molar-refractivity contribution in [2.75, 3.05) is 7.11 Å². The highest BCUT2D eigenvalue weighted by atomic mass is 32.2. The van der Waals surface area contributed by atoms with E-state index in [1.165, 1.54) is 0 Å². The average molecular weight is 318 g/mol. The fourth-order valence-corrected chi connectivity index (χ4v) is 2.65. The molecule has 0 heterocycles. The minimum Gasteiger partial charge on any atom is -0.492 e. The van der Waals surface area contributed by atoms with Crippen LogP contribution in [0.5, 0.6) is 5.75 Å². The molecule has 6 nitrogen and oxygen atoms in total. The van der Waals surface area contributed by atoms with Crippen molar-refractivity contribution < 1.29 is 22.3 Å². The Morgan fingerprint density at radius 1 is 1.48 bits per heavy atom. The second kappa shape index (κ2) is 6.86. The summed E-state index contributed by atoms with van der Waals surface area (Å²) in [6.07, 6.45) is 1.63. The molecule has 0 fully saturated rings. The average Bonchev–Trinajstić information content (AvgIpc) is 2.36. The number of ether oxygens (including phenoxy) is 1.